The van der Waals surface area contributed by atoms with Crippen LogP contribution < -0.4 is 5.32 Å². The lowest BCUT2D eigenvalue weighted by atomic mass is 10.1. The van der Waals surface area contributed by atoms with Gasteiger partial charge in [-0.25, -0.2) is 8.42 Å². The third-order valence-corrected chi connectivity index (χ3v) is 4.66. The first-order valence-electron chi connectivity index (χ1n) is 7.41. The van der Waals surface area contributed by atoms with Crippen molar-refractivity contribution in [3.63, 3.8) is 0 Å². The van der Waals surface area contributed by atoms with Crippen LogP contribution in [-0.2, 0) is 14.6 Å². The topological polar surface area (TPSA) is 66.5 Å². The van der Waals surface area contributed by atoms with Crippen molar-refractivity contribution in [3.05, 3.63) is 0 Å². The first kappa shape index (κ1) is 17.4. The molecule has 1 aliphatic rings. The molecule has 1 rings (SSSR count). The van der Waals surface area contributed by atoms with Crippen LogP contribution in [-0.4, -0.2) is 49.5 Å². The van der Waals surface area contributed by atoms with Crippen LogP contribution in [0.1, 0.15) is 47.0 Å². The van der Waals surface area contributed by atoms with Gasteiger partial charge in [-0.05, 0) is 25.7 Å². The van der Waals surface area contributed by atoms with E-state index in [9.17, 15) is 13.2 Å². The minimum Gasteiger partial charge on any atom is -0.322 e. The van der Waals surface area contributed by atoms with Crippen molar-refractivity contribution >= 4 is 15.7 Å². The van der Waals surface area contributed by atoms with E-state index in [2.05, 4.69) is 26.1 Å². The van der Waals surface area contributed by atoms with E-state index >= 15 is 0 Å². The quantitative estimate of drug-likeness (QED) is 0.772. The first-order valence-corrected chi connectivity index (χ1v) is 9.47. The van der Waals surface area contributed by atoms with Gasteiger partial charge in [-0.1, -0.05) is 27.2 Å². The lowest BCUT2D eigenvalue weighted by Gasteiger charge is -2.31. The minimum atomic E-state index is -3.09. The molecule has 118 valence electrons. The number of nitrogens with one attached hydrogen (secondary N) is 1. The highest BCUT2D eigenvalue weighted by Gasteiger charge is 2.41. The minimum absolute atomic E-state index is 0.0217. The normalized spacial score (nSPS) is 25.5. The Morgan fingerprint density at radius 2 is 1.90 bits per heavy atom. The van der Waals surface area contributed by atoms with Crippen LogP contribution in [0.3, 0.4) is 0 Å². The van der Waals surface area contributed by atoms with Gasteiger partial charge in [0.1, 0.15) is 9.84 Å². The van der Waals surface area contributed by atoms with Crippen molar-refractivity contribution in [2.75, 3.05) is 12.0 Å². The van der Waals surface area contributed by atoms with Crippen molar-refractivity contribution < 1.29 is 13.2 Å². The highest BCUT2D eigenvalue weighted by Crippen LogP contribution is 2.23. The maximum Gasteiger partial charge on any atom is 0.241 e. The zero-order chi connectivity index (χ0) is 15.5. The highest BCUT2D eigenvalue weighted by molar-refractivity contribution is 7.90. The van der Waals surface area contributed by atoms with Gasteiger partial charge in [-0.15, -0.1) is 0 Å². The molecule has 1 saturated heterocycles. The van der Waals surface area contributed by atoms with E-state index < -0.39 is 9.84 Å². The molecule has 1 amide bonds. The third-order valence-electron chi connectivity index (χ3n) is 3.57. The molecular formula is C14H28N2O3S. The number of carbonyl (C=O) groups excluding carboxylic acids is 1. The van der Waals surface area contributed by atoms with Crippen molar-refractivity contribution in [3.8, 4) is 0 Å². The van der Waals surface area contributed by atoms with Crippen LogP contribution in [0.4, 0.5) is 0 Å². The Balaban J connectivity index is 2.88. The number of nitrogens with zero attached hydrogens (tertiary/aromatic N) is 1. The monoisotopic (exact) mass is 304 g/mol. The molecule has 0 bridgehead atoms. The first-order chi connectivity index (χ1) is 9.15. The molecule has 0 aromatic carbocycles. The number of hydrogen-bond donors (Lipinski definition) is 1. The summed E-state index contributed by atoms with van der Waals surface area (Å²) in [7, 11) is -3.09. The zero-order valence-corrected chi connectivity index (χ0v) is 14.0. The molecule has 0 radical (unpaired) electrons. The Hall–Kier alpha value is -0.620. The van der Waals surface area contributed by atoms with Crippen molar-refractivity contribution in [1.29, 1.82) is 0 Å². The molecule has 0 aromatic heterocycles. The average Bonchev–Trinajstić information content (AvgIpc) is 2.52. The molecule has 3 unspecified atom stereocenters. The van der Waals surface area contributed by atoms with E-state index in [4.69, 9.17) is 0 Å². The van der Waals surface area contributed by atoms with E-state index in [-0.39, 0.29) is 29.9 Å². The summed E-state index contributed by atoms with van der Waals surface area (Å²) in [5.74, 6) is 0.524. The fourth-order valence-corrected chi connectivity index (χ4v) is 3.92. The Kier molecular flexibility index (Phi) is 6.01. The summed E-state index contributed by atoms with van der Waals surface area (Å²) >= 11 is 0. The summed E-state index contributed by atoms with van der Waals surface area (Å²) < 4.78 is 23.0. The lowest BCUT2D eigenvalue weighted by molar-refractivity contribution is -0.131. The van der Waals surface area contributed by atoms with Crippen LogP contribution >= 0.6 is 0 Å². The second-order valence-corrected chi connectivity index (χ2v) is 8.53. The lowest BCUT2D eigenvalue weighted by Crippen LogP contribution is -2.46. The zero-order valence-electron chi connectivity index (χ0n) is 13.2. The Labute approximate surface area is 123 Å². The summed E-state index contributed by atoms with van der Waals surface area (Å²) in [4.78, 5) is 14.2. The fraction of sp³-hybridized carbons (Fsp3) is 0.929. The summed E-state index contributed by atoms with van der Waals surface area (Å²) in [5.41, 5.74) is 0. The molecular weight excluding hydrogens is 276 g/mol. The standard InChI is InChI=1S/C14H28N2O3S/c1-6-7-12-14(17)16(11(4)9-20(5,18)19)13(15-12)8-10(2)3/h10-13,15H,6-9H2,1-5H3. The molecule has 1 N–H and O–H groups in total. The van der Waals surface area contributed by atoms with Crippen molar-refractivity contribution in [2.24, 2.45) is 5.92 Å². The molecule has 0 aliphatic carbocycles. The van der Waals surface area contributed by atoms with Crippen LogP contribution in [0.2, 0.25) is 0 Å². The predicted molar refractivity (Wildman–Crippen MR) is 81.1 cm³/mol. The molecule has 3 atom stereocenters. The van der Waals surface area contributed by atoms with E-state index in [1.165, 1.54) is 6.26 Å². The second-order valence-electron chi connectivity index (χ2n) is 6.34. The summed E-state index contributed by atoms with van der Waals surface area (Å²) in [6.07, 6.45) is 3.76. The van der Waals surface area contributed by atoms with E-state index in [0.29, 0.717) is 5.92 Å². The molecule has 0 aromatic rings. The Bertz CT molecular complexity index is 434. The van der Waals surface area contributed by atoms with Crippen LogP contribution in [0.15, 0.2) is 0 Å². The number of hydrogen-bond acceptors (Lipinski definition) is 4. The van der Waals surface area contributed by atoms with E-state index in [0.717, 1.165) is 19.3 Å². The Morgan fingerprint density at radius 3 is 2.35 bits per heavy atom. The smallest absolute Gasteiger partial charge is 0.241 e. The van der Waals surface area contributed by atoms with Gasteiger partial charge in [0.15, 0.2) is 0 Å². The molecule has 1 heterocycles. The summed E-state index contributed by atoms with van der Waals surface area (Å²) in [6, 6.07) is -0.443. The Morgan fingerprint density at radius 1 is 1.30 bits per heavy atom. The van der Waals surface area contributed by atoms with Gasteiger partial charge in [0.2, 0.25) is 5.91 Å². The van der Waals surface area contributed by atoms with E-state index in [1.807, 2.05) is 6.92 Å². The molecule has 0 spiro atoms. The third kappa shape index (κ3) is 4.74. The maximum absolute atomic E-state index is 12.5. The predicted octanol–water partition coefficient (Wildman–Crippen LogP) is 1.39. The van der Waals surface area contributed by atoms with Gasteiger partial charge < -0.3 is 4.90 Å². The molecule has 20 heavy (non-hydrogen) atoms. The van der Waals surface area contributed by atoms with Crippen molar-refractivity contribution in [1.82, 2.24) is 10.2 Å². The van der Waals surface area contributed by atoms with Gasteiger partial charge in [-0.2, -0.15) is 0 Å². The van der Waals surface area contributed by atoms with Gasteiger partial charge in [0.25, 0.3) is 0 Å². The van der Waals surface area contributed by atoms with Crippen molar-refractivity contribution in [2.45, 2.75) is 65.2 Å². The van der Waals surface area contributed by atoms with Gasteiger partial charge in [0.05, 0.1) is 18.0 Å². The summed E-state index contributed by atoms with van der Waals surface area (Å²) in [5, 5.41) is 3.37. The summed E-state index contributed by atoms with van der Waals surface area (Å²) in [6.45, 7) is 8.09. The molecule has 6 heteroatoms. The van der Waals surface area contributed by atoms with Crippen LogP contribution in [0.5, 0.6) is 0 Å². The second kappa shape index (κ2) is 6.89. The molecule has 1 aliphatic heterocycles. The van der Waals surface area contributed by atoms with Crippen LogP contribution in [0.25, 0.3) is 0 Å². The number of rotatable bonds is 7. The van der Waals surface area contributed by atoms with Gasteiger partial charge in [0, 0.05) is 12.3 Å². The fourth-order valence-electron chi connectivity index (χ4n) is 2.88. The van der Waals surface area contributed by atoms with Gasteiger partial charge >= 0.3 is 0 Å². The maximum atomic E-state index is 12.5. The average molecular weight is 304 g/mol. The van der Waals surface area contributed by atoms with Gasteiger partial charge in [-0.3, -0.25) is 10.1 Å². The molecule has 0 saturated carbocycles. The molecule has 5 nitrogen and oxygen atoms in total. The number of sulfone groups is 1. The number of amides is 1. The molecule has 1 fully saturated rings. The largest absolute Gasteiger partial charge is 0.322 e. The van der Waals surface area contributed by atoms with Crippen LogP contribution in [0, 0.1) is 5.92 Å². The SMILES string of the molecule is CCCC1NC(CC(C)C)N(C(C)CS(C)(=O)=O)C1=O. The van der Waals surface area contributed by atoms with E-state index in [1.54, 1.807) is 4.90 Å². The number of carbonyl (C=O) groups is 1. The highest BCUT2D eigenvalue weighted by atomic mass is 32.2.